The number of amides is 1. The van der Waals surface area contributed by atoms with Crippen molar-refractivity contribution in [2.24, 2.45) is 5.73 Å². The van der Waals surface area contributed by atoms with Crippen LogP contribution in [-0.2, 0) is 6.61 Å². The van der Waals surface area contributed by atoms with Crippen molar-refractivity contribution >= 4 is 16.8 Å². The topological polar surface area (TPSA) is 117 Å². The van der Waals surface area contributed by atoms with Gasteiger partial charge in [-0.3, -0.25) is 4.79 Å². The molecular weight excluding hydrogens is 380 g/mol. The minimum atomic E-state index is -0.688. The summed E-state index contributed by atoms with van der Waals surface area (Å²) in [6, 6.07) is 15.8. The first-order valence-corrected chi connectivity index (χ1v) is 9.82. The van der Waals surface area contributed by atoms with Crippen LogP contribution in [0.3, 0.4) is 0 Å². The number of fused-ring (bicyclic) bond motifs is 1. The predicted molar refractivity (Wildman–Crippen MR) is 114 cm³/mol. The van der Waals surface area contributed by atoms with E-state index in [1.54, 1.807) is 0 Å². The highest BCUT2D eigenvalue weighted by molar-refractivity contribution is 5.90. The van der Waals surface area contributed by atoms with E-state index in [2.05, 4.69) is 15.0 Å². The molecular formula is C23H24N4O3. The van der Waals surface area contributed by atoms with Gasteiger partial charge in [0.25, 0.3) is 5.91 Å². The van der Waals surface area contributed by atoms with Crippen LogP contribution in [0.1, 0.15) is 52.8 Å². The van der Waals surface area contributed by atoms with Crippen molar-refractivity contribution in [2.75, 3.05) is 0 Å². The van der Waals surface area contributed by atoms with Crippen molar-refractivity contribution in [2.45, 2.75) is 32.0 Å². The van der Waals surface area contributed by atoms with E-state index >= 15 is 0 Å². The Morgan fingerprint density at radius 2 is 2.03 bits per heavy atom. The van der Waals surface area contributed by atoms with E-state index in [1.807, 2.05) is 61.7 Å². The first-order chi connectivity index (χ1) is 14.5. The van der Waals surface area contributed by atoms with Gasteiger partial charge in [0, 0.05) is 34.6 Å². The first kappa shape index (κ1) is 19.7. The van der Waals surface area contributed by atoms with Crippen LogP contribution in [0.4, 0.5) is 0 Å². The summed E-state index contributed by atoms with van der Waals surface area (Å²) in [5.74, 6) is 0.756. The molecule has 0 aliphatic heterocycles. The van der Waals surface area contributed by atoms with E-state index in [4.69, 9.17) is 10.5 Å². The van der Waals surface area contributed by atoms with Crippen LogP contribution in [0.5, 0.6) is 5.75 Å². The van der Waals surface area contributed by atoms with Gasteiger partial charge in [0.15, 0.2) is 0 Å². The Balaban J connectivity index is 1.45. The zero-order chi connectivity index (χ0) is 21.1. The molecule has 0 saturated heterocycles. The smallest absolute Gasteiger partial charge is 0.266 e. The van der Waals surface area contributed by atoms with E-state index in [0.29, 0.717) is 18.9 Å². The molecule has 4 aromatic rings. The lowest BCUT2D eigenvalue weighted by molar-refractivity contribution is 0.0996. The summed E-state index contributed by atoms with van der Waals surface area (Å²) in [4.78, 5) is 21.6. The molecule has 2 aromatic heterocycles. The number of H-pyrrole nitrogens is 2. The molecule has 7 nitrogen and oxygen atoms in total. The fraction of sp³-hybridized carbons (Fsp3) is 0.217. The van der Waals surface area contributed by atoms with Crippen LogP contribution in [0, 0.1) is 0 Å². The number of imidazole rings is 1. The Morgan fingerprint density at radius 1 is 1.23 bits per heavy atom. The van der Waals surface area contributed by atoms with Crippen molar-refractivity contribution in [3.8, 4) is 5.75 Å². The maximum Gasteiger partial charge on any atom is 0.266 e. The lowest BCUT2D eigenvalue weighted by atomic mass is 9.97. The number of aromatic nitrogens is 3. The highest BCUT2D eigenvalue weighted by Gasteiger charge is 2.20. The summed E-state index contributed by atoms with van der Waals surface area (Å²) in [6.45, 7) is 2.44. The Morgan fingerprint density at radius 3 is 2.77 bits per heavy atom. The number of ether oxygens (including phenoxy) is 1. The molecule has 2 aromatic carbocycles. The molecule has 0 bridgehead atoms. The van der Waals surface area contributed by atoms with Crippen molar-refractivity contribution in [3.05, 3.63) is 83.6 Å². The monoisotopic (exact) mass is 404 g/mol. The molecule has 4 rings (SSSR count). The molecule has 0 aliphatic rings. The number of hydrogen-bond acceptors (Lipinski definition) is 4. The Hall–Kier alpha value is -3.58. The van der Waals surface area contributed by atoms with E-state index < -0.39 is 12.0 Å². The number of nitrogens with two attached hydrogens (primary N) is 1. The lowest BCUT2D eigenvalue weighted by Gasteiger charge is -2.14. The molecule has 2 heterocycles. The average molecular weight is 404 g/mol. The van der Waals surface area contributed by atoms with Gasteiger partial charge < -0.3 is 25.5 Å². The number of benzene rings is 2. The fourth-order valence-corrected chi connectivity index (χ4v) is 3.52. The van der Waals surface area contributed by atoms with Gasteiger partial charge in [-0.2, -0.15) is 0 Å². The summed E-state index contributed by atoms with van der Waals surface area (Å²) >= 11 is 0. The minimum absolute atomic E-state index is 0.0773. The number of hydrogen-bond donors (Lipinski definition) is 4. The third-order valence-electron chi connectivity index (χ3n) is 5.20. The second-order valence-corrected chi connectivity index (χ2v) is 7.42. The van der Waals surface area contributed by atoms with Gasteiger partial charge >= 0.3 is 0 Å². The summed E-state index contributed by atoms with van der Waals surface area (Å²) in [5.41, 5.74) is 8.34. The number of nitrogens with zero attached hydrogens (tertiary/aromatic N) is 1. The lowest BCUT2D eigenvalue weighted by Crippen LogP contribution is -2.11. The van der Waals surface area contributed by atoms with E-state index in [1.165, 1.54) is 6.20 Å². The Kier molecular flexibility index (Phi) is 5.54. The normalized spacial score (nSPS) is 13.3. The molecule has 0 radical (unpaired) electrons. The second kappa shape index (κ2) is 8.42. The van der Waals surface area contributed by atoms with Crippen LogP contribution in [0.2, 0.25) is 0 Å². The van der Waals surface area contributed by atoms with Gasteiger partial charge in [0.1, 0.15) is 23.9 Å². The van der Waals surface area contributed by atoms with Gasteiger partial charge in [0.2, 0.25) is 0 Å². The van der Waals surface area contributed by atoms with Crippen LogP contribution in [-0.4, -0.2) is 26.0 Å². The number of aliphatic hydroxyl groups is 1. The van der Waals surface area contributed by atoms with E-state index in [0.717, 1.165) is 27.8 Å². The quantitative estimate of drug-likeness (QED) is 0.357. The van der Waals surface area contributed by atoms with Crippen molar-refractivity contribution in [1.29, 1.82) is 0 Å². The third-order valence-corrected chi connectivity index (χ3v) is 5.20. The molecule has 154 valence electrons. The molecule has 0 saturated carbocycles. The van der Waals surface area contributed by atoms with Gasteiger partial charge in [-0.15, -0.1) is 0 Å². The largest absolute Gasteiger partial charge is 0.489 e. The molecule has 5 N–H and O–H groups in total. The number of primary amides is 1. The molecule has 7 heteroatoms. The van der Waals surface area contributed by atoms with Crippen LogP contribution in [0.25, 0.3) is 10.9 Å². The third kappa shape index (κ3) is 4.21. The van der Waals surface area contributed by atoms with Crippen molar-refractivity contribution in [1.82, 2.24) is 15.0 Å². The maximum atomic E-state index is 11.2. The van der Waals surface area contributed by atoms with Gasteiger partial charge in [-0.25, -0.2) is 4.98 Å². The van der Waals surface area contributed by atoms with Gasteiger partial charge in [-0.1, -0.05) is 37.3 Å². The number of carbonyl (C=O) groups excluding carboxylic acids is 1. The first-order valence-electron chi connectivity index (χ1n) is 9.82. The van der Waals surface area contributed by atoms with Crippen LogP contribution < -0.4 is 10.5 Å². The standard InChI is InChI=1S/C23H24N4O3/c1-14(23-26-12-20(27-23)22(24)29)9-21(28)18-11-25-19-10-16(7-8-17(18)19)30-13-15-5-3-2-4-6-15/h2-8,10-12,14,21,25,28H,9,13H2,1H3,(H2,24,29)(H,26,27)/t14?,21-/m1/s1. The molecule has 0 aliphatic carbocycles. The highest BCUT2D eigenvalue weighted by Crippen LogP contribution is 2.32. The number of carbonyl (C=O) groups is 1. The minimum Gasteiger partial charge on any atom is -0.489 e. The molecule has 0 spiro atoms. The highest BCUT2D eigenvalue weighted by atomic mass is 16.5. The zero-order valence-corrected chi connectivity index (χ0v) is 16.6. The SMILES string of the molecule is CC(C[C@@H](O)c1c[nH]c2cc(OCc3ccccc3)ccc12)c1ncc(C(N)=O)[nH]1. The molecule has 0 fully saturated rings. The average Bonchev–Trinajstić information content (AvgIpc) is 3.40. The number of aliphatic hydroxyl groups excluding tert-OH is 1. The maximum absolute atomic E-state index is 11.2. The summed E-state index contributed by atoms with van der Waals surface area (Å²) in [6.07, 6.45) is 3.00. The molecule has 1 unspecified atom stereocenters. The predicted octanol–water partition coefficient (Wildman–Crippen LogP) is 3.80. The summed E-state index contributed by atoms with van der Waals surface area (Å²) in [7, 11) is 0. The number of aromatic amines is 2. The van der Waals surface area contributed by atoms with E-state index in [-0.39, 0.29) is 11.6 Å². The fourth-order valence-electron chi connectivity index (χ4n) is 3.52. The van der Waals surface area contributed by atoms with Crippen molar-refractivity contribution in [3.63, 3.8) is 0 Å². The molecule has 2 atom stereocenters. The van der Waals surface area contributed by atoms with Crippen molar-refractivity contribution < 1.29 is 14.6 Å². The summed E-state index contributed by atoms with van der Waals surface area (Å²) < 4.78 is 5.88. The van der Waals surface area contributed by atoms with Gasteiger partial charge in [0.05, 0.1) is 12.3 Å². The van der Waals surface area contributed by atoms with Crippen LogP contribution in [0.15, 0.2) is 60.9 Å². The zero-order valence-electron chi connectivity index (χ0n) is 16.6. The summed E-state index contributed by atoms with van der Waals surface area (Å²) in [5, 5.41) is 11.7. The number of nitrogens with one attached hydrogen (secondary N) is 2. The Bertz CT molecular complexity index is 1150. The second-order valence-electron chi connectivity index (χ2n) is 7.42. The molecule has 1 amide bonds. The molecule has 30 heavy (non-hydrogen) atoms. The Labute approximate surface area is 173 Å². The van der Waals surface area contributed by atoms with Gasteiger partial charge in [-0.05, 0) is 24.1 Å². The number of rotatable bonds is 8. The van der Waals surface area contributed by atoms with Crippen LogP contribution >= 0.6 is 0 Å². The van der Waals surface area contributed by atoms with E-state index in [9.17, 15) is 9.90 Å².